The summed E-state index contributed by atoms with van der Waals surface area (Å²) in [4.78, 5) is 15.2. The number of para-hydroxylation sites is 2. The first-order chi connectivity index (χ1) is 31.2. The van der Waals surface area contributed by atoms with Gasteiger partial charge >= 0.3 is 0 Å². The summed E-state index contributed by atoms with van der Waals surface area (Å²) in [6.07, 6.45) is 0. The highest BCUT2D eigenvalue weighted by atomic mass is 16.3. The number of hydrogen-bond acceptors (Lipinski definition) is 4. The van der Waals surface area contributed by atoms with Crippen molar-refractivity contribution in [3.63, 3.8) is 0 Å². The molecule has 0 saturated carbocycles. The van der Waals surface area contributed by atoms with Crippen molar-refractivity contribution in [2.45, 2.75) is 0 Å². The SMILES string of the molecule is c1ccc(-c2cccc(-n3c4ccccc4c4c3ccc3c5ccccc5n(-c5ccc6oc7cccc(-c8nc(-c9ccccc9)nc(-c9ccccc9)n8)c7c6c5)c34)c2)cc1. The lowest BCUT2D eigenvalue weighted by Crippen LogP contribution is -2.00. The summed E-state index contributed by atoms with van der Waals surface area (Å²) in [6.45, 7) is 0. The summed E-state index contributed by atoms with van der Waals surface area (Å²) in [6, 6.07) is 74.5. The second-order valence-electron chi connectivity index (χ2n) is 16.0. The Hall–Kier alpha value is -8.61. The highest BCUT2D eigenvalue weighted by Crippen LogP contribution is 2.44. The largest absolute Gasteiger partial charge is 0.456 e. The lowest BCUT2D eigenvalue weighted by molar-refractivity contribution is 0.669. The van der Waals surface area contributed by atoms with Gasteiger partial charge in [0.05, 0.1) is 22.1 Å². The van der Waals surface area contributed by atoms with E-state index >= 15 is 0 Å². The summed E-state index contributed by atoms with van der Waals surface area (Å²) in [5, 5.41) is 6.74. The van der Waals surface area contributed by atoms with Gasteiger partial charge < -0.3 is 13.6 Å². The number of furan rings is 1. The molecule has 4 aromatic heterocycles. The highest BCUT2D eigenvalue weighted by molar-refractivity contribution is 6.26. The summed E-state index contributed by atoms with van der Waals surface area (Å²) >= 11 is 0. The Bertz CT molecular complexity index is 3850. The Morgan fingerprint density at radius 1 is 0.317 bits per heavy atom. The smallest absolute Gasteiger partial charge is 0.164 e. The van der Waals surface area contributed by atoms with Gasteiger partial charge in [-0.25, -0.2) is 15.0 Å². The molecule has 0 bridgehead atoms. The van der Waals surface area contributed by atoms with E-state index in [1.54, 1.807) is 0 Å². The summed E-state index contributed by atoms with van der Waals surface area (Å²) in [5.41, 5.74) is 13.4. The average molecular weight is 806 g/mol. The average Bonchev–Trinajstić information content (AvgIpc) is 4.02. The molecule has 4 heterocycles. The van der Waals surface area contributed by atoms with Gasteiger partial charge in [-0.1, -0.05) is 158 Å². The number of nitrogens with zero attached hydrogens (tertiary/aromatic N) is 5. The third-order valence-corrected chi connectivity index (χ3v) is 12.4. The van der Waals surface area contributed by atoms with Crippen LogP contribution in [0.3, 0.4) is 0 Å². The van der Waals surface area contributed by atoms with Gasteiger partial charge in [0.2, 0.25) is 0 Å². The van der Waals surface area contributed by atoms with Crippen LogP contribution in [0.15, 0.2) is 217 Å². The molecular weight excluding hydrogens is 771 g/mol. The second kappa shape index (κ2) is 14.0. The molecule has 9 aromatic carbocycles. The molecule has 0 spiro atoms. The van der Waals surface area contributed by atoms with Gasteiger partial charge in [0, 0.05) is 60.4 Å². The molecule has 0 N–H and O–H groups in total. The number of aromatic nitrogens is 5. The van der Waals surface area contributed by atoms with E-state index in [2.05, 4.69) is 149 Å². The minimum Gasteiger partial charge on any atom is -0.456 e. The lowest BCUT2D eigenvalue weighted by Gasteiger charge is -2.12. The Balaban J connectivity index is 1.07. The Morgan fingerprint density at radius 3 is 1.63 bits per heavy atom. The molecular formula is C57H35N5O. The predicted molar refractivity (Wildman–Crippen MR) is 258 cm³/mol. The van der Waals surface area contributed by atoms with Crippen LogP contribution in [0, 0.1) is 0 Å². The van der Waals surface area contributed by atoms with E-state index in [-0.39, 0.29) is 0 Å². The fourth-order valence-electron chi connectivity index (χ4n) is 9.58. The minimum absolute atomic E-state index is 0.587. The van der Waals surface area contributed by atoms with Crippen LogP contribution >= 0.6 is 0 Å². The van der Waals surface area contributed by atoms with Gasteiger partial charge in [0.25, 0.3) is 0 Å². The van der Waals surface area contributed by atoms with Crippen molar-refractivity contribution in [2.75, 3.05) is 0 Å². The van der Waals surface area contributed by atoms with Crippen LogP contribution in [-0.4, -0.2) is 24.1 Å². The van der Waals surface area contributed by atoms with E-state index in [9.17, 15) is 0 Å². The van der Waals surface area contributed by atoms with E-state index in [0.717, 1.165) is 72.1 Å². The number of rotatable bonds is 6. The minimum atomic E-state index is 0.587. The summed E-state index contributed by atoms with van der Waals surface area (Å²) < 4.78 is 11.5. The number of fused-ring (bicyclic) bond motifs is 10. The standard InChI is InChI=1S/C57H35N5O/c1-4-16-36(17-5-1)39-22-14-23-40(34-39)61-48-28-13-11-25-44(48)53-49(61)32-31-43-42-24-10-12-27-47(42)62(54(43)53)41-30-33-50-46(35-41)52-45(26-15-29-51(52)63-50)57-59-55(37-18-6-2-7-19-37)58-56(60-57)38-20-8-3-9-21-38/h1-35H. The van der Waals surface area contributed by atoms with Crippen molar-refractivity contribution in [1.82, 2.24) is 24.1 Å². The van der Waals surface area contributed by atoms with Crippen LogP contribution in [0.5, 0.6) is 0 Å². The van der Waals surface area contributed by atoms with E-state index in [0.29, 0.717) is 17.5 Å². The molecule has 63 heavy (non-hydrogen) atoms. The molecule has 0 aliphatic heterocycles. The molecule has 0 radical (unpaired) electrons. The first-order valence-corrected chi connectivity index (χ1v) is 21.2. The number of benzene rings is 9. The maximum Gasteiger partial charge on any atom is 0.164 e. The van der Waals surface area contributed by atoms with Gasteiger partial charge in [-0.05, 0) is 65.7 Å². The first-order valence-electron chi connectivity index (χ1n) is 21.2. The molecule has 0 saturated heterocycles. The fraction of sp³-hybridized carbons (Fsp3) is 0. The van der Waals surface area contributed by atoms with Crippen LogP contribution in [0.4, 0.5) is 0 Å². The highest BCUT2D eigenvalue weighted by Gasteiger charge is 2.23. The second-order valence-corrected chi connectivity index (χ2v) is 16.0. The maximum atomic E-state index is 6.63. The zero-order chi connectivity index (χ0) is 41.4. The predicted octanol–water partition coefficient (Wildman–Crippen LogP) is 14.6. The molecule has 0 aliphatic rings. The zero-order valence-corrected chi connectivity index (χ0v) is 33.9. The monoisotopic (exact) mass is 805 g/mol. The third kappa shape index (κ3) is 5.55. The Kier molecular flexibility index (Phi) is 7.80. The van der Waals surface area contributed by atoms with Crippen LogP contribution in [0.25, 0.3) is 122 Å². The molecule has 13 aromatic rings. The molecule has 0 fully saturated rings. The van der Waals surface area contributed by atoms with Gasteiger partial charge in [0.1, 0.15) is 11.2 Å². The van der Waals surface area contributed by atoms with Crippen LogP contribution in [0.2, 0.25) is 0 Å². The van der Waals surface area contributed by atoms with Gasteiger partial charge in [0.15, 0.2) is 17.5 Å². The Labute approximate surface area is 361 Å². The molecule has 13 rings (SSSR count). The summed E-state index contributed by atoms with van der Waals surface area (Å²) in [7, 11) is 0. The molecule has 0 unspecified atom stereocenters. The third-order valence-electron chi connectivity index (χ3n) is 12.4. The number of hydrogen-bond donors (Lipinski definition) is 0. The van der Waals surface area contributed by atoms with Gasteiger partial charge in [-0.2, -0.15) is 0 Å². The first kappa shape index (κ1) is 35.2. The molecule has 6 heteroatoms. The van der Waals surface area contributed by atoms with Crippen molar-refractivity contribution in [1.29, 1.82) is 0 Å². The van der Waals surface area contributed by atoms with E-state index in [1.807, 2.05) is 72.8 Å². The van der Waals surface area contributed by atoms with Crippen molar-refractivity contribution in [2.24, 2.45) is 0 Å². The van der Waals surface area contributed by atoms with E-state index in [1.165, 1.54) is 32.7 Å². The maximum absolute atomic E-state index is 6.63. The molecule has 0 amide bonds. The topological polar surface area (TPSA) is 61.7 Å². The van der Waals surface area contributed by atoms with Crippen LogP contribution in [0.1, 0.15) is 0 Å². The van der Waals surface area contributed by atoms with Crippen molar-refractivity contribution in [3.8, 4) is 56.7 Å². The van der Waals surface area contributed by atoms with Gasteiger partial charge in [-0.3, -0.25) is 0 Å². The van der Waals surface area contributed by atoms with Gasteiger partial charge in [-0.15, -0.1) is 0 Å². The molecule has 294 valence electrons. The Morgan fingerprint density at radius 2 is 0.905 bits per heavy atom. The van der Waals surface area contributed by atoms with Crippen molar-refractivity contribution < 1.29 is 4.42 Å². The normalized spacial score (nSPS) is 11.8. The quantitative estimate of drug-likeness (QED) is 0.168. The van der Waals surface area contributed by atoms with E-state index in [4.69, 9.17) is 19.4 Å². The zero-order valence-electron chi connectivity index (χ0n) is 33.9. The van der Waals surface area contributed by atoms with Crippen molar-refractivity contribution >= 4 is 65.6 Å². The summed E-state index contributed by atoms with van der Waals surface area (Å²) in [5.74, 6) is 1.82. The lowest BCUT2D eigenvalue weighted by atomic mass is 10.0. The fourth-order valence-corrected chi connectivity index (χ4v) is 9.58. The molecule has 0 atom stereocenters. The molecule has 0 aliphatic carbocycles. The van der Waals surface area contributed by atoms with Crippen LogP contribution in [-0.2, 0) is 0 Å². The molecule has 6 nitrogen and oxygen atoms in total. The van der Waals surface area contributed by atoms with E-state index < -0.39 is 0 Å². The van der Waals surface area contributed by atoms with Crippen LogP contribution < -0.4 is 0 Å². The van der Waals surface area contributed by atoms with Crippen molar-refractivity contribution in [3.05, 3.63) is 212 Å².